The largest absolute Gasteiger partial charge is 0.383 e. The Labute approximate surface area is 141 Å². The second kappa shape index (κ2) is 7.01. The van der Waals surface area contributed by atoms with Crippen LogP contribution in [0.2, 0.25) is 0 Å². The summed E-state index contributed by atoms with van der Waals surface area (Å²) >= 11 is 0. The lowest BCUT2D eigenvalue weighted by atomic mass is 9.92. The number of hydrogen-bond acceptors (Lipinski definition) is 3. The number of amides is 2. The Morgan fingerprint density at radius 1 is 1.25 bits per heavy atom. The molecule has 0 saturated carbocycles. The van der Waals surface area contributed by atoms with Gasteiger partial charge in [-0.2, -0.15) is 0 Å². The highest BCUT2D eigenvalue weighted by Crippen LogP contribution is 2.28. The van der Waals surface area contributed by atoms with E-state index in [-0.39, 0.29) is 11.8 Å². The van der Waals surface area contributed by atoms with Crippen molar-refractivity contribution >= 4 is 22.6 Å². The van der Waals surface area contributed by atoms with Gasteiger partial charge in [0, 0.05) is 32.2 Å². The van der Waals surface area contributed by atoms with Gasteiger partial charge in [0.05, 0.1) is 6.61 Å². The summed E-state index contributed by atoms with van der Waals surface area (Å²) in [7, 11) is 1.64. The van der Waals surface area contributed by atoms with Crippen molar-refractivity contribution < 1.29 is 14.3 Å². The third kappa shape index (κ3) is 3.26. The van der Waals surface area contributed by atoms with Gasteiger partial charge in [-0.1, -0.05) is 30.3 Å². The van der Waals surface area contributed by atoms with E-state index in [0.29, 0.717) is 25.1 Å². The minimum Gasteiger partial charge on any atom is -0.383 e. The fourth-order valence-corrected chi connectivity index (χ4v) is 3.49. The molecule has 5 nitrogen and oxygen atoms in total. The van der Waals surface area contributed by atoms with E-state index >= 15 is 0 Å². The molecule has 0 aliphatic carbocycles. The predicted molar refractivity (Wildman–Crippen MR) is 92.7 cm³/mol. The van der Waals surface area contributed by atoms with E-state index < -0.39 is 5.91 Å². The standard InChI is InChI=1S/C19H22N2O3/c1-24-9-8-21-12-13(11-18(21)22)10-14-4-2-6-16-15(14)5-3-7-17(16)19(20)23/h2-7,13H,8-12H2,1H3,(H2,20,23). The number of hydrogen-bond donors (Lipinski definition) is 1. The third-order valence-corrected chi connectivity index (χ3v) is 4.65. The molecular formula is C19H22N2O3. The molecule has 1 aliphatic heterocycles. The maximum Gasteiger partial charge on any atom is 0.249 e. The molecular weight excluding hydrogens is 304 g/mol. The Morgan fingerprint density at radius 2 is 2.00 bits per heavy atom. The summed E-state index contributed by atoms with van der Waals surface area (Å²) in [6.45, 7) is 1.97. The Hall–Kier alpha value is -2.40. The Kier molecular flexibility index (Phi) is 4.81. The van der Waals surface area contributed by atoms with Crippen LogP contribution in [0.3, 0.4) is 0 Å². The van der Waals surface area contributed by atoms with Gasteiger partial charge in [0.15, 0.2) is 0 Å². The second-order valence-corrected chi connectivity index (χ2v) is 6.29. The summed E-state index contributed by atoms with van der Waals surface area (Å²) in [5.74, 6) is 0.0619. The number of likely N-dealkylation sites (tertiary alicyclic amines) is 1. The minimum absolute atomic E-state index is 0.190. The first-order chi connectivity index (χ1) is 11.6. The van der Waals surface area contributed by atoms with Crippen LogP contribution < -0.4 is 5.73 Å². The molecule has 2 amide bonds. The van der Waals surface area contributed by atoms with Crippen LogP contribution in [0.25, 0.3) is 10.8 Å². The van der Waals surface area contributed by atoms with E-state index in [1.165, 1.54) is 0 Å². The monoisotopic (exact) mass is 326 g/mol. The molecule has 1 atom stereocenters. The first kappa shape index (κ1) is 16.5. The maximum absolute atomic E-state index is 12.1. The van der Waals surface area contributed by atoms with Gasteiger partial charge in [0.1, 0.15) is 0 Å². The van der Waals surface area contributed by atoms with Crippen LogP contribution in [-0.4, -0.2) is 43.5 Å². The summed E-state index contributed by atoms with van der Waals surface area (Å²) in [5, 5.41) is 1.92. The van der Waals surface area contributed by atoms with E-state index in [0.717, 1.165) is 29.3 Å². The molecule has 2 N–H and O–H groups in total. The van der Waals surface area contributed by atoms with Crippen molar-refractivity contribution in [1.29, 1.82) is 0 Å². The van der Waals surface area contributed by atoms with Gasteiger partial charge < -0.3 is 15.4 Å². The van der Waals surface area contributed by atoms with Crippen LogP contribution in [0, 0.1) is 5.92 Å². The van der Waals surface area contributed by atoms with Crippen LogP contribution in [0.5, 0.6) is 0 Å². The molecule has 2 aromatic rings. The number of carbonyl (C=O) groups excluding carboxylic acids is 2. The molecule has 0 spiro atoms. The molecule has 126 valence electrons. The van der Waals surface area contributed by atoms with Crippen molar-refractivity contribution in [2.45, 2.75) is 12.8 Å². The molecule has 1 aliphatic rings. The van der Waals surface area contributed by atoms with Gasteiger partial charge in [-0.25, -0.2) is 0 Å². The van der Waals surface area contributed by atoms with Crippen molar-refractivity contribution in [3.05, 3.63) is 47.5 Å². The Balaban J connectivity index is 1.82. The van der Waals surface area contributed by atoms with Crippen molar-refractivity contribution in [2.75, 3.05) is 26.8 Å². The predicted octanol–water partition coefficient (Wildman–Crippen LogP) is 1.98. The summed E-state index contributed by atoms with van der Waals surface area (Å²) < 4.78 is 5.06. The number of methoxy groups -OCH3 is 1. The number of primary amides is 1. The van der Waals surface area contributed by atoms with Gasteiger partial charge in [-0.3, -0.25) is 9.59 Å². The zero-order valence-electron chi connectivity index (χ0n) is 13.8. The average Bonchev–Trinajstić information content (AvgIpc) is 2.92. The normalized spacial score (nSPS) is 17.6. The molecule has 24 heavy (non-hydrogen) atoms. The number of rotatable bonds is 6. The number of carbonyl (C=O) groups is 2. The third-order valence-electron chi connectivity index (χ3n) is 4.65. The quantitative estimate of drug-likeness (QED) is 0.882. The lowest BCUT2D eigenvalue weighted by molar-refractivity contribution is -0.128. The van der Waals surface area contributed by atoms with Crippen molar-refractivity contribution in [2.24, 2.45) is 11.7 Å². The van der Waals surface area contributed by atoms with E-state index in [1.54, 1.807) is 13.2 Å². The van der Waals surface area contributed by atoms with Crippen molar-refractivity contribution in [3.8, 4) is 0 Å². The lowest BCUT2D eigenvalue weighted by Gasteiger charge is -2.16. The van der Waals surface area contributed by atoms with E-state index in [4.69, 9.17) is 10.5 Å². The molecule has 1 unspecified atom stereocenters. The van der Waals surface area contributed by atoms with Gasteiger partial charge >= 0.3 is 0 Å². The minimum atomic E-state index is -0.417. The molecule has 1 saturated heterocycles. The summed E-state index contributed by atoms with van der Waals surface area (Å²) in [5.41, 5.74) is 7.17. The van der Waals surface area contributed by atoms with Gasteiger partial charge in [0.25, 0.3) is 0 Å². The first-order valence-corrected chi connectivity index (χ1v) is 8.17. The van der Waals surface area contributed by atoms with Crippen LogP contribution in [-0.2, 0) is 16.0 Å². The summed E-state index contributed by atoms with van der Waals surface area (Å²) in [6.07, 6.45) is 1.38. The van der Waals surface area contributed by atoms with E-state index in [2.05, 4.69) is 6.07 Å². The van der Waals surface area contributed by atoms with E-state index in [9.17, 15) is 9.59 Å². The Morgan fingerprint density at radius 3 is 2.75 bits per heavy atom. The molecule has 0 radical (unpaired) electrons. The highest BCUT2D eigenvalue weighted by molar-refractivity contribution is 6.07. The smallest absolute Gasteiger partial charge is 0.249 e. The Bertz CT molecular complexity index is 772. The SMILES string of the molecule is COCCN1CC(Cc2cccc3c(C(N)=O)cccc23)CC1=O. The molecule has 1 fully saturated rings. The number of fused-ring (bicyclic) bond motifs is 1. The van der Waals surface area contributed by atoms with Gasteiger partial charge in [0.2, 0.25) is 11.8 Å². The summed E-state index contributed by atoms with van der Waals surface area (Å²) in [4.78, 5) is 25.6. The van der Waals surface area contributed by atoms with Gasteiger partial charge in [-0.15, -0.1) is 0 Å². The highest BCUT2D eigenvalue weighted by atomic mass is 16.5. The van der Waals surface area contributed by atoms with Crippen LogP contribution in [0.1, 0.15) is 22.3 Å². The maximum atomic E-state index is 12.1. The lowest BCUT2D eigenvalue weighted by Crippen LogP contribution is -2.28. The molecule has 3 rings (SSSR count). The van der Waals surface area contributed by atoms with Gasteiger partial charge in [-0.05, 0) is 34.7 Å². The molecule has 1 heterocycles. The first-order valence-electron chi connectivity index (χ1n) is 8.17. The molecule has 5 heteroatoms. The van der Waals surface area contributed by atoms with Crippen LogP contribution in [0.4, 0.5) is 0 Å². The average molecular weight is 326 g/mol. The molecule has 0 aromatic heterocycles. The zero-order chi connectivity index (χ0) is 17.1. The number of nitrogens with two attached hydrogens (primary N) is 1. The fourth-order valence-electron chi connectivity index (χ4n) is 3.49. The molecule has 0 bridgehead atoms. The van der Waals surface area contributed by atoms with Crippen molar-refractivity contribution in [3.63, 3.8) is 0 Å². The highest BCUT2D eigenvalue weighted by Gasteiger charge is 2.29. The number of ether oxygens (including phenoxy) is 1. The molecule has 2 aromatic carbocycles. The fraction of sp³-hybridized carbons (Fsp3) is 0.368. The topological polar surface area (TPSA) is 72.6 Å². The van der Waals surface area contributed by atoms with Crippen LogP contribution >= 0.6 is 0 Å². The number of benzene rings is 2. The van der Waals surface area contributed by atoms with Crippen molar-refractivity contribution in [1.82, 2.24) is 4.90 Å². The summed E-state index contributed by atoms with van der Waals surface area (Å²) in [6, 6.07) is 11.6. The van der Waals surface area contributed by atoms with E-state index in [1.807, 2.05) is 29.2 Å². The second-order valence-electron chi connectivity index (χ2n) is 6.29. The number of nitrogens with zero attached hydrogens (tertiary/aromatic N) is 1. The zero-order valence-corrected chi connectivity index (χ0v) is 13.8. The van der Waals surface area contributed by atoms with Crippen LogP contribution in [0.15, 0.2) is 36.4 Å².